The first-order chi connectivity index (χ1) is 6.36. The summed E-state index contributed by atoms with van der Waals surface area (Å²) < 4.78 is 1.89. The minimum Gasteiger partial charge on any atom is -0.550 e. The van der Waals surface area contributed by atoms with Gasteiger partial charge in [-0.2, -0.15) is 0 Å². The molecule has 1 rings (SSSR count). The first-order valence-electron chi connectivity index (χ1n) is 3.63. The normalized spacial score (nSPS) is 6.87. The number of hydrogen-bond donors (Lipinski definition) is 0. The summed E-state index contributed by atoms with van der Waals surface area (Å²) in [5.74, 6) is -2.17. The van der Waals surface area contributed by atoms with E-state index < -0.39 is 11.9 Å². The maximum absolute atomic E-state index is 8.89. The van der Waals surface area contributed by atoms with Crippen LogP contribution in [0.3, 0.4) is 0 Å². The van der Waals surface area contributed by atoms with E-state index in [1.807, 2.05) is 17.8 Å². The van der Waals surface area contributed by atoms with Gasteiger partial charge in [0.2, 0.25) is 0 Å². The number of carbonyl (C=O) groups is 2. The fourth-order valence-corrected chi connectivity index (χ4v) is 0.326. The molecule has 0 aliphatic heterocycles. The third kappa shape index (κ3) is 44.5. The monoisotopic (exact) mass is 264 g/mol. The Morgan fingerprint density at radius 2 is 1.53 bits per heavy atom. The fourth-order valence-electron chi connectivity index (χ4n) is 0.326. The van der Waals surface area contributed by atoms with Crippen LogP contribution in [0.2, 0.25) is 0 Å². The molecule has 1 heterocycles. The fraction of sp³-hybridized carbons (Fsp3) is 0.375. The zero-order valence-corrected chi connectivity index (χ0v) is 11.9. The summed E-state index contributed by atoms with van der Waals surface area (Å²) in [4.78, 5) is 21.6. The first-order valence-corrected chi connectivity index (χ1v) is 3.63. The topological polar surface area (TPSA) is 98.1 Å². The van der Waals surface area contributed by atoms with E-state index in [1.165, 1.54) is 0 Å². The molecule has 0 atom stereocenters. The third-order valence-electron chi connectivity index (χ3n) is 0.637. The standard InChI is InChI=1S/C4H6N2.2C2H4O2.Zn/c1-6-3-2-5-4-6;2*1-2(3)4;/h2-4H,1H3;2*1H3,(H,3,4);/q;;;+2/p-2. The molecule has 1 aromatic rings. The number of rotatable bonds is 0. The average Bonchev–Trinajstić information content (AvgIpc) is 2.36. The number of aryl methyl sites for hydroxylation is 1. The molecule has 0 N–H and O–H groups in total. The number of aliphatic carboxylic acids is 2. The van der Waals surface area contributed by atoms with Crippen LogP contribution in [0.4, 0.5) is 0 Å². The quantitative estimate of drug-likeness (QED) is 0.502. The van der Waals surface area contributed by atoms with Crippen LogP contribution in [0, 0.1) is 0 Å². The van der Waals surface area contributed by atoms with Gasteiger partial charge in [0.1, 0.15) is 0 Å². The van der Waals surface area contributed by atoms with Gasteiger partial charge in [-0.15, -0.1) is 0 Å². The Bertz CT molecular complexity index is 242. The summed E-state index contributed by atoms with van der Waals surface area (Å²) in [7, 11) is 1.94. The maximum Gasteiger partial charge on any atom is 2.00 e. The molecule has 0 bridgehead atoms. The summed E-state index contributed by atoms with van der Waals surface area (Å²) in [6, 6.07) is 0. The van der Waals surface area contributed by atoms with Crippen molar-refractivity contribution in [1.82, 2.24) is 9.55 Å². The number of carbonyl (C=O) groups excluding carboxylic acids is 2. The molecule has 0 aromatic carbocycles. The SMILES string of the molecule is CC(=O)[O-].CC(=O)[O-].Cn1ccnc1.[Zn+2]. The van der Waals surface area contributed by atoms with Crippen molar-refractivity contribution in [2.75, 3.05) is 0 Å². The molecule has 0 unspecified atom stereocenters. The predicted molar refractivity (Wildman–Crippen MR) is 44.6 cm³/mol. The second kappa shape index (κ2) is 12.8. The molecular formula is C8H12N2O4Zn. The van der Waals surface area contributed by atoms with Gasteiger partial charge in [-0.25, -0.2) is 4.98 Å². The van der Waals surface area contributed by atoms with E-state index in [0.717, 1.165) is 13.8 Å². The van der Waals surface area contributed by atoms with Crippen molar-refractivity contribution in [3.05, 3.63) is 18.7 Å². The van der Waals surface area contributed by atoms with Gasteiger partial charge >= 0.3 is 19.5 Å². The summed E-state index contributed by atoms with van der Waals surface area (Å²) in [6.07, 6.45) is 5.39. The van der Waals surface area contributed by atoms with Crippen molar-refractivity contribution < 1.29 is 39.3 Å². The van der Waals surface area contributed by atoms with Crippen LogP contribution in [-0.4, -0.2) is 21.5 Å². The van der Waals surface area contributed by atoms with Crippen LogP contribution in [-0.2, 0) is 36.1 Å². The smallest absolute Gasteiger partial charge is 0.550 e. The van der Waals surface area contributed by atoms with Crippen molar-refractivity contribution in [1.29, 1.82) is 0 Å². The van der Waals surface area contributed by atoms with Gasteiger partial charge in [0.05, 0.1) is 6.33 Å². The Morgan fingerprint density at radius 3 is 1.60 bits per heavy atom. The predicted octanol–water partition coefficient (Wildman–Crippen LogP) is -2.07. The molecule has 15 heavy (non-hydrogen) atoms. The molecule has 0 saturated heterocycles. The summed E-state index contributed by atoms with van der Waals surface area (Å²) >= 11 is 0. The Labute approximate surface area is 101 Å². The van der Waals surface area contributed by atoms with Crippen molar-refractivity contribution in [2.24, 2.45) is 7.05 Å². The summed E-state index contributed by atoms with van der Waals surface area (Å²) in [6.45, 7) is 1.94. The van der Waals surface area contributed by atoms with Crippen molar-refractivity contribution in [3.63, 3.8) is 0 Å². The molecule has 0 aliphatic carbocycles. The second-order valence-corrected chi connectivity index (χ2v) is 2.21. The average molecular weight is 266 g/mol. The number of nitrogens with zero attached hydrogens (tertiary/aromatic N) is 2. The van der Waals surface area contributed by atoms with Crippen molar-refractivity contribution >= 4 is 11.9 Å². The first kappa shape index (κ1) is 19.4. The number of carboxylic acid groups (broad SMARTS) is 2. The van der Waals surface area contributed by atoms with Crippen LogP contribution in [0.25, 0.3) is 0 Å². The van der Waals surface area contributed by atoms with Crippen LogP contribution >= 0.6 is 0 Å². The van der Waals surface area contributed by atoms with E-state index in [9.17, 15) is 0 Å². The molecule has 0 radical (unpaired) electrons. The molecule has 6 nitrogen and oxygen atoms in total. The number of imidazole rings is 1. The Kier molecular flexibility index (Phi) is 16.5. The van der Waals surface area contributed by atoms with Crippen LogP contribution in [0.1, 0.15) is 13.8 Å². The minimum atomic E-state index is -1.08. The molecule has 0 amide bonds. The molecule has 1 aromatic heterocycles. The molecule has 80 valence electrons. The van der Waals surface area contributed by atoms with E-state index in [0.29, 0.717) is 0 Å². The van der Waals surface area contributed by atoms with Gasteiger partial charge in [0, 0.05) is 31.4 Å². The number of aromatic nitrogens is 2. The minimum absolute atomic E-state index is 0. The zero-order chi connectivity index (χ0) is 11.6. The zero-order valence-electron chi connectivity index (χ0n) is 8.97. The number of hydrogen-bond acceptors (Lipinski definition) is 5. The van der Waals surface area contributed by atoms with Gasteiger partial charge in [-0.3, -0.25) is 0 Å². The maximum atomic E-state index is 8.89. The van der Waals surface area contributed by atoms with Gasteiger partial charge < -0.3 is 24.4 Å². The van der Waals surface area contributed by atoms with Crippen LogP contribution in [0.5, 0.6) is 0 Å². The van der Waals surface area contributed by atoms with Gasteiger partial charge in [0.15, 0.2) is 0 Å². The van der Waals surface area contributed by atoms with Gasteiger partial charge in [0.25, 0.3) is 0 Å². The molecule has 7 heteroatoms. The molecule has 0 spiro atoms. The van der Waals surface area contributed by atoms with Crippen LogP contribution in [0.15, 0.2) is 18.7 Å². The number of carboxylic acids is 2. The Morgan fingerprint density at radius 1 is 1.20 bits per heavy atom. The van der Waals surface area contributed by atoms with Gasteiger partial charge in [-0.1, -0.05) is 0 Å². The largest absolute Gasteiger partial charge is 2.00 e. The molecule has 0 aliphatic rings. The third-order valence-corrected chi connectivity index (χ3v) is 0.637. The van der Waals surface area contributed by atoms with E-state index in [2.05, 4.69) is 4.98 Å². The Hall–Kier alpha value is -1.23. The summed E-state index contributed by atoms with van der Waals surface area (Å²) in [5, 5.41) is 17.8. The van der Waals surface area contributed by atoms with Gasteiger partial charge in [-0.05, 0) is 13.8 Å². The van der Waals surface area contributed by atoms with E-state index in [1.54, 1.807) is 12.5 Å². The second-order valence-electron chi connectivity index (χ2n) is 2.21. The summed E-state index contributed by atoms with van der Waals surface area (Å²) in [5.41, 5.74) is 0. The van der Waals surface area contributed by atoms with Crippen molar-refractivity contribution in [2.45, 2.75) is 13.8 Å². The molecular weight excluding hydrogens is 253 g/mol. The van der Waals surface area contributed by atoms with Crippen LogP contribution < -0.4 is 10.2 Å². The molecule has 0 fully saturated rings. The van der Waals surface area contributed by atoms with Crippen molar-refractivity contribution in [3.8, 4) is 0 Å². The van der Waals surface area contributed by atoms with E-state index in [4.69, 9.17) is 19.8 Å². The molecule has 0 saturated carbocycles. The van der Waals surface area contributed by atoms with E-state index in [-0.39, 0.29) is 19.5 Å². The Balaban J connectivity index is -0.000000145. The van der Waals surface area contributed by atoms with E-state index >= 15 is 0 Å².